The first-order valence-electron chi connectivity index (χ1n) is 14.2. The van der Waals surface area contributed by atoms with Crippen LogP contribution in [0.4, 0.5) is 0 Å². The van der Waals surface area contributed by atoms with E-state index in [0.29, 0.717) is 37.8 Å². The van der Waals surface area contributed by atoms with Gasteiger partial charge in [-0.15, -0.1) is 0 Å². The molecule has 6 nitrogen and oxygen atoms in total. The van der Waals surface area contributed by atoms with Gasteiger partial charge < -0.3 is 30.7 Å². The van der Waals surface area contributed by atoms with Crippen molar-refractivity contribution in [2.24, 2.45) is 17.6 Å². The molecule has 0 bridgehead atoms. The summed E-state index contributed by atoms with van der Waals surface area (Å²) in [5.41, 5.74) is 7.32. The molecule has 0 heterocycles. The minimum atomic E-state index is -0.552. The van der Waals surface area contributed by atoms with E-state index in [0.717, 1.165) is 74.4 Å². The fourth-order valence-corrected chi connectivity index (χ4v) is 4.46. The molecule has 0 aliphatic carbocycles. The van der Waals surface area contributed by atoms with Crippen LogP contribution in [-0.4, -0.2) is 43.1 Å². The number of aliphatic hydroxyl groups excluding tert-OH is 2. The molecule has 1 unspecified atom stereocenters. The van der Waals surface area contributed by atoms with E-state index < -0.39 is 12.2 Å². The molecule has 37 heavy (non-hydrogen) atoms. The van der Waals surface area contributed by atoms with Crippen molar-refractivity contribution >= 4 is 0 Å². The van der Waals surface area contributed by atoms with Crippen molar-refractivity contribution in [3.05, 3.63) is 59.7 Å². The highest BCUT2D eigenvalue weighted by molar-refractivity contribution is 5.30. The topological polar surface area (TPSA) is 97.0 Å². The Hall–Kier alpha value is -2.12. The lowest BCUT2D eigenvalue weighted by Gasteiger charge is -2.19. The molecule has 2 rings (SSSR count). The molecule has 0 aliphatic heterocycles. The number of rotatable bonds is 20. The first-order chi connectivity index (χ1) is 18.0. The van der Waals surface area contributed by atoms with Gasteiger partial charge in [0.05, 0.1) is 25.4 Å². The molecule has 2 aromatic carbocycles. The predicted molar refractivity (Wildman–Crippen MR) is 152 cm³/mol. The molecule has 3 atom stereocenters. The number of nitrogens with two attached hydrogens (primary N) is 1. The van der Waals surface area contributed by atoms with E-state index in [1.807, 2.05) is 48.5 Å². The number of ether oxygens (including phenoxy) is 2. The van der Waals surface area contributed by atoms with E-state index in [1.54, 1.807) is 0 Å². The molecule has 2 aromatic rings. The quantitative estimate of drug-likeness (QED) is 0.167. The Labute approximate surface area is 224 Å². The summed E-state index contributed by atoms with van der Waals surface area (Å²) in [5, 5.41) is 24.4. The fraction of sp³-hybridized carbons (Fsp3) is 0.613. The van der Waals surface area contributed by atoms with Crippen molar-refractivity contribution in [1.29, 1.82) is 0 Å². The van der Waals surface area contributed by atoms with Crippen LogP contribution < -0.4 is 20.5 Å². The van der Waals surface area contributed by atoms with Gasteiger partial charge in [-0.2, -0.15) is 0 Å². The number of hydrogen-bond acceptors (Lipinski definition) is 6. The van der Waals surface area contributed by atoms with Gasteiger partial charge in [-0.1, -0.05) is 64.3 Å². The molecule has 0 spiro atoms. The first-order valence-corrected chi connectivity index (χ1v) is 14.2. The van der Waals surface area contributed by atoms with Crippen LogP contribution in [-0.2, 0) is 0 Å². The summed E-state index contributed by atoms with van der Waals surface area (Å²) in [6, 6.07) is 15.5. The van der Waals surface area contributed by atoms with Crippen molar-refractivity contribution in [2.75, 3.05) is 32.8 Å². The second-order valence-corrected chi connectivity index (χ2v) is 10.0. The molecule has 0 aliphatic rings. The second kappa shape index (κ2) is 18.2. The Morgan fingerprint density at radius 1 is 0.730 bits per heavy atom. The van der Waals surface area contributed by atoms with Crippen LogP contribution in [0.25, 0.3) is 0 Å². The van der Waals surface area contributed by atoms with Gasteiger partial charge in [-0.05, 0) is 92.5 Å². The Bertz CT molecular complexity index is 859. The number of hydrogen-bond donors (Lipinski definition) is 4. The zero-order valence-corrected chi connectivity index (χ0v) is 23.2. The predicted octanol–water partition coefficient (Wildman–Crippen LogP) is 5.78. The largest absolute Gasteiger partial charge is 0.493 e. The van der Waals surface area contributed by atoms with Gasteiger partial charge in [0.1, 0.15) is 11.5 Å². The molecule has 0 saturated carbocycles. The monoisotopic (exact) mass is 514 g/mol. The van der Waals surface area contributed by atoms with Gasteiger partial charge in [0.25, 0.3) is 0 Å². The Morgan fingerprint density at radius 2 is 1.27 bits per heavy atom. The van der Waals surface area contributed by atoms with Gasteiger partial charge in [0.2, 0.25) is 0 Å². The van der Waals surface area contributed by atoms with E-state index in [4.69, 9.17) is 15.2 Å². The maximum atomic E-state index is 10.7. The van der Waals surface area contributed by atoms with Crippen LogP contribution in [0.1, 0.15) is 89.1 Å². The first kappa shape index (κ1) is 31.1. The SMILES string of the molecule is CCCC(CCNCC[C@@H](O)c1cccc(OCC(CC)CC)c1)COc1cccc([C@H](O)CCN)c1. The van der Waals surface area contributed by atoms with Crippen LogP contribution >= 0.6 is 0 Å². The summed E-state index contributed by atoms with van der Waals surface area (Å²) in [6.45, 7) is 10.0. The Kier molecular flexibility index (Phi) is 15.3. The van der Waals surface area contributed by atoms with E-state index in [-0.39, 0.29) is 0 Å². The lowest BCUT2D eigenvalue weighted by molar-refractivity contribution is 0.165. The fourth-order valence-electron chi connectivity index (χ4n) is 4.46. The zero-order valence-electron chi connectivity index (χ0n) is 23.2. The Morgan fingerprint density at radius 3 is 1.81 bits per heavy atom. The number of nitrogens with one attached hydrogen (secondary N) is 1. The molecular weight excluding hydrogens is 464 g/mol. The second-order valence-electron chi connectivity index (χ2n) is 10.0. The summed E-state index contributed by atoms with van der Waals surface area (Å²) >= 11 is 0. The average molecular weight is 515 g/mol. The van der Waals surface area contributed by atoms with Crippen molar-refractivity contribution in [1.82, 2.24) is 5.32 Å². The maximum Gasteiger partial charge on any atom is 0.119 e. The molecule has 5 N–H and O–H groups in total. The normalized spacial score (nSPS) is 13.9. The van der Waals surface area contributed by atoms with Crippen molar-refractivity contribution in [2.45, 2.75) is 77.9 Å². The summed E-state index contributed by atoms with van der Waals surface area (Å²) in [4.78, 5) is 0. The highest BCUT2D eigenvalue weighted by Gasteiger charge is 2.13. The van der Waals surface area contributed by atoms with Gasteiger partial charge >= 0.3 is 0 Å². The van der Waals surface area contributed by atoms with Crippen LogP contribution in [0, 0.1) is 11.8 Å². The summed E-state index contributed by atoms with van der Waals surface area (Å²) in [5.74, 6) is 2.64. The van der Waals surface area contributed by atoms with Crippen molar-refractivity contribution in [3.63, 3.8) is 0 Å². The third-order valence-electron chi connectivity index (χ3n) is 7.07. The van der Waals surface area contributed by atoms with Crippen LogP contribution in [0.5, 0.6) is 11.5 Å². The highest BCUT2D eigenvalue weighted by Crippen LogP contribution is 2.24. The lowest BCUT2D eigenvalue weighted by Crippen LogP contribution is -2.23. The average Bonchev–Trinajstić information content (AvgIpc) is 2.92. The molecule has 0 radical (unpaired) electrons. The van der Waals surface area contributed by atoms with Crippen molar-refractivity contribution < 1.29 is 19.7 Å². The van der Waals surface area contributed by atoms with Crippen molar-refractivity contribution in [3.8, 4) is 11.5 Å². The standard InChI is InChI=1S/C31H50N2O4/c1-4-9-25(23-37-29-13-7-10-26(20-29)30(34)14-17-32)15-18-33-19-16-31(35)27-11-8-12-28(21-27)36-22-24(5-2)6-3/h7-8,10-13,20-21,24-25,30-31,33-35H,4-6,9,14-19,22-23,32H2,1-3H3/t25?,30-,31-/m1/s1. The minimum Gasteiger partial charge on any atom is -0.493 e. The van der Waals surface area contributed by atoms with E-state index >= 15 is 0 Å². The minimum absolute atomic E-state index is 0.448. The Balaban J connectivity index is 1.73. The maximum absolute atomic E-state index is 10.7. The third kappa shape index (κ3) is 11.9. The molecule has 0 fully saturated rings. The van der Waals surface area contributed by atoms with E-state index in [9.17, 15) is 10.2 Å². The smallest absolute Gasteiger partial charge is 0.119 e. The van der Waals surface area contributed by atoms with E-state index in [2.05, 4.69) is 26.1 Å². The van der Waals surface area contributed by atoms with Crippen LogP contribution in [0.2, 0.25) is 0 Å². The number of benzene rings is 2. The number of aliphatic hydroxyl groups is 2. The molecule has 208 valence electrons. The van der Waals surface area contributed by atoms with Gasteiger partial charge in [-0.25, -0.2) is 0 Å². The summed E-state index contributed by atoms with van der Waals surface area (Å²) in [7, 11) is 0. The molecule has 0 aromatic heterocycles. The van der Waals surface area contributed by atoms with E-state index in [1.165, 1.54) is 0 Å². The summed E-state index contributed by atoms with van der Waals surface area (Å²) < 4.78 is 12.0. The molecule has 0 saturated heterocycles. The van der Waals surface area contributed by atoms with Gasteiger partial charge in [-0.3, -0.25) is 0 Å². The molecule has 0 amide bonds. The lowest BCUT2D eigenvalue weighted by atomic mass is 10.0. The molecule has 6 heteroatoms. The van der Waals surface area contributed by atoms with Gasteiger partial charge in [0.15, 0.2) is 0 Å². The molecular formula is C31H50N2O4. The third-order valence-corrected chi connectivity index (χ3v) is 7.07. The highest BCUT2D eigenvalue weighted by atomic mass is 16.5. The zero-order chi connectivity index (χ0) is 26.9. The summed E-state index contributed by atoms with van der Waals surface area (Å²) in [6.07, 6.45) is 5.58. The van der Waals surface area contributed by atoms with Crippen LogP contribution in [0.15, 0.2) is 48.5 Å². The van der Waals surface area contributed by atoms with Gasteiger partial charge in [0, 0.05) is 0 Å². The van der Waals surface area contributed by atoms with Crippen LogP contribution in [0.3, 0.4) is 0 Å².